The van der Waals surface area contributed by atoms with Crippen LogP contribution in [0.4, 0.5) is 0 Å². The first kappa shape index (κ1) is 33.2. The minimum atomic E-state index is -2.20. The molecule has 1 amide bonds. The fraction of sp³-hybridized carbons (Fsp3) is 0.944. The van der Waals surface area contributed by atoms with Gasteiger partial charge in [-0.3, -0.25) is 4.79 Å². The number of rotatable bonds is 11. The van der Waals surface area contributed by atoms with Gasteiger partial charge in [-0.2, -0.15) is 0 Å². The number of aliphatic hydroxyl groups excluding tert-OH is 11. The summed E-state index contributed by atoms with van der Waals surface area (Å²) in [5.41, 5.74) is 4.80. The second kappa shape index (κ2) is 14.4. The smallest absolute Gasteiger partial charge is 0.249 e. The Morgan fingerprint density at radius 1 is 0.750 bits per heavy atom. The van der Waals surface area contributed by atoms with Crippen LogP contribution in [0.15, 0.2) is 0 Å². The van der Waals surface area contributed by atoms with Crippen molar-refractivity contribution in [2.75, 3.05) is 19.8 Å². The van der Waals surface area contributed by atoms with E-state index in [9.17, 15) is 61.0 Å². The molecule has 0 saturated carbocycles. The van der Waals surface area contributed by atoms with E-state index in [0.717, 1.165) is 0 Å². The number of amides is 1. The SMILES string of the molecule is Cl.NC(=O)[C@H](O)[C@@H](O)[C@H](O)[C@H](O)CO[C@H]1O[C@H](CO[C@H]2O[C@H](CO)[C@@H](O)[C@H](O)[C@H]2O)[C@@H](O)[C@H](O)[C@H]1O. The molecule has 2 fully saturated rings. The molecule has 0 radical (unpaired) electrons. The summed E-state index contributed by atoms with van der Waals surface area (Å²) in [6.45, 7) is -2.19. The summed E-state index contributed by atoms with van der Waals surface area (Å²) < 4.78 is 20.8. The first-order valence-electron chi connectivity index (χ1n) is 10.6. The summed E-state index contributed by atoms with van der Waals surface area (Å²) >= 11 is 0. The summed E-state index contributed by atoms with van der Waals surface area (Å²) in [6.07, 6.45) is -25.0. The Morgan fingerprint density at radius 2 is 1.22 bits per heavy atom. The van der Waals surface area contributed by atoms with Crippen LogP contribution in [0.5, 0.6) is 0 Å². The molecule has 214 valence electrons. The third-order valence-corrected chi connectivity index (χ3v) is 5.73. The molecule has 18 heteroatoms. The predicted octanol–water partition coefficient (Wildman–Crippen LogP) is -8.02. The van der Waals surface area contributed by atoms with E-state index < -0.39 is 112 Å². The van der Waals surface area contributed by atoms with Crippen LogP contribution in [0.3, 0.4) is 0 Å². The zero-order chi connectivity index (χ0) is 26.6. The van der Waals surface area contributed by atoms with E-state index in [1.165, 1.54) is 0 Å². The second-order valence-electron chi connectivity index (χ2n) is 8.27. The monoisotopic (exact) mass is 555 g/mol. The molecule has 2 aliphatic rings. The third kappa shape index (κ3) is 7.60. The molecule has 0 aromatic carbocycles. The quantitative estimate of drug-likeness (QED) is 0.112. The lowest BCUT2D eigenvalue weighted by Gasteiger charge is -2.42. The van der Waals surface area contributed by atoms with Gasteiger partial charge in [-0.25, -0.2) is 0 Å². The van der Waals surface area contributed by atoms with Gasteiger partial charge in [0.25, 0.3) is 0 Å². The van der Waals surface area contributed by atoms with E-state index in [-0.39, 0.29) is 12.4 Å². The zero-order valence-corrected chi connectivity index (χ0v) is 19.5. The van der Waals surface area contributed by atoms with Crippen LogP contribution in [0.1, 0.15) is 0 Å². The molecule has 0 unspecified atom stereocenters. The molecule has 0 aromatic rings. The van der Waals surface area contributed by atoms with Gasteiger partial charge in [0.1, 0.15) is 67.1 Å². The van der Waals surface area contributed by atoms with E-state index in [4.69, 9.17) is 24.7 Å². The van der Waals surface area contributed by atoms with Gasteiger partial charge in [0.05, 0.1) is 19.8 Å². The summed E-state index contributed by atoms with van der Waals surface area (Å²) in [5, 5.41) is 108. The maximum atomic E-state index is 10.9. The van der Waals surface area contributed by atoms with Crippen molar-refractivity contribution in [2.45, 2.75) is 85.8 Å². The van der Waals surface area contributed by atoms with Gasteiger partial charge in [-0.15, -0.1) is 12.4 Å². The highest BCUT2D eigenvalue weighted by atomic mass is 35.5. The Morgan fingerprint density at radius 3 is 1.72 bits per heavy atom. The highest BCUT2D eigenvalue weighted by molar-refractivity contribution is 5.85. The van der Waals surface area contributed by atoms with Gasteiger partial charge >= 0.3 is 0 Å². The van der Waals surface area contributed by atoms with Gasteiger partial charge in [0.2, 0.25) is 5.91 Å². The number of primary amides is 1. The van der Waals surface area contributed by atoms with Gasteiger partial charge in [-0.1, -0.05) is 0 Å². The maximum absolute atomic E-state index is 10.9. The molecule has 0 aliphatic carbocycles. The fourth-order valence-corrected chi connectivity index (χ4v) is 3.46. The molecule has 14 atom stereocenters. The fourth-order valence-electron chi connectivity index (χ4n) is 3.46. The highest BCUT2D eigenvalue weighted by Gasteiger charge is 2.47. The molecule has 2 aliphatic heterocycles. The third-order valence-electron chi connectivity index (χ3n) is 5.73. The van der Waals surface area contributed by atoms with E-state index in [2.05, 4.69) is 0 Å². The number of ether oxygens (including phenoxy) is 4. The summed E-state index contributed by atoms with van der Waals surface area (Å²) in [5.74, 6) is -1.37. The van der Waals surface area contributed by atoms with Gasteiger partial charge < -0.3 is 80.9 Å². The predicted molar refractivity (Wildman–Crippen MR) is 113 cm³/mol. The lowest BCUT2D eigenvalue weighted by Crippen LogP contribution is -2.62. The minimum absolute atomic E-state index is 0. The van der Waals surface area contributed by atoms with Gasteiger partial charge in [0.15, 0.2) is 18.7 Å². The number of aliphatic hydroxyl groups is 11. The molecule has 2 heterocycles. The molecule has 2 rings (SSSR count). The van der Waals surface area contributed by atoms with Crippen molar-refractivity contribution in [1.82, 2.24) is 0 Å². The molecular weight excluding hydrogens is 522 g/mol. The van der Waals surface area contributed by atoms with Crippen molar-refractivity contribution < 1.29 is 79.9 Å². The molecule has 2 saturated heterocycles. The Balaban J connectivity index is 0.00000648. The Kier molecular flexibility index (Phi) is 13.2. The number of nitrogens with two attached hydrogens (primary N) is 1. The van der Waals surface area contributed by atoms with Crippen LogP contribution >= 0.6 is 12.4 Å². The number of carbonyl (C=O) groups excluding carboxylic acids is 1. The normalized spacial score (nSPS) is 40.5. The van der Waals surface area contributed by atoms with E-state index >= 15 is 0 Å². The molecular formula is C18H34ClNO16. The number of hydrogen-bond donors (Lipinski definition) is 12. The molecule has 36 heavy (non-hydrogen) atoms. The van der Waals surface area contributed by atoms with Crippen molar-refractivity contribution in [1.29, 1.82) is 0 Å². The molecule has 17 nitrogen and oxygen atoms in total. The van der Waals surface area contributed by atoms with Crippen molar-refractivity contribution >= 4 is 18.3 Å². The van der Waals surface area contributed by atoms with Gasteiger partial charge in [-0.05, 0) is 0 Å². The van der Waals surface area contributed by atoms with E-state index in [1.54, 1.807) is 0 Å². The summed E-state index contributed by atoms with van der Waals surface area (Å²) in [7, 11) is 0. The molecule has 0 spiro atoms. The standard InChI is InChI=1S/C18H33NO16.ClH/c19-16(31)13(28)10(25)7(22)4(21)2-32-17-15(30)12(27)9(24)6(35-17)3-33-18-14(29)11(26)8(23)5(1-20)34-18;/h4-15,17-18,20-30H,1-3H2,(H2,19,31);1H/t4-,5-,6-,7-,8-,9-,10+,11+,12+,13-,14-,15-,17+,18+;/m1./s1. The van der Waals surface area contributed by atoms with Crippen LogP contribution in [0.25, 0.3) is 0 Å². The number of halogens is 1. The number of carbonyl (C=O) groups is 1. The molecule has 0 aromatic heterocycles. The maximum Gasteiger partial charge on any atom is 0.249 e. The van der Waals surface area contributed by atoms with Crippen LogP contribution in [-0.2, 0) is 23.7 Å². The summed E-state index contributed by atoms with van der Waals surface area (Å²) in [6, 6.07) is 0. The van der Waals surface area contributed by atoms with Crippen LogP contribution in [-0.4, -0.2) is 168 Å². The highest BCUT2D eigenvalue weighted by Crippen LogP contribution is 2.26. The Bertz CT molecular complexity index is 677. The Hall–Kier alpha value is -0.840. The molecule has 0 bridgehead atoms. The van der Waals surface area contributed by atoms with Crippen molar-refractivity contribution in [3.63, 3.8) is 0 Å². The van der Waals surface area contributed by atoms with Crippen LogP contribution in [0.2, 0.25) is 0 Å². The topological polar surface area (TPSA) is 303 Å². The second-order valence-corrected chi connectivity index (χ2v) is 8.27. The van der Waals surface area contributed by atoms with Crippen molar-refractivity contribution in [3.8, 4) is 0 Å². The minimum Gasteiger partial charge on any atom is -0.394 e. The molecule has 13 N–H and O–H groups in total. The van der Waals surface area contributed by atoms with Crippen LogP contribution < -0.4 is 5.73 Å². The van der Waals surface area contributed by atoms with E-state index in [1.807, 2.05) is 0 Å². The Labute approximate surface area is 210 Å². The number of hydrogen-bond acceptors (Lipinski definition) is 16. The average molecular weight is 556 g/mol. The average Bonchev–Trinajstić information content (AvgIpc) is 2.84. The first-order valence-corrected chi connectivity index (χ1v) is 10.6. The summed E-state index contributed by atoms with van der Waals surface area (Å²) in [4.78, 5) is 10.9. The lowest BCUT2D eigenvalue weighted by atomic mass is 9.98. The first-order chi connectivity index (χ1) is 16.3. The van der Waals surface area contributed by atoms with Gasteiger partial charge in [0, 0.05) is 0 Å². The van der Waals surface area contributed by atoms with Crippen molar-refractivity contribution in [2.24, 2.45) is 5.73 Å². The van der Waals surface area contributed by atoms with E-state index in [0.29, 0.717) is 0 Å². The lowest BCUT2D eigenvalue weighted by molar-refractivity contribution is -0.333. The van der Waals surface area contributed by atoms with Crippen molar-refractivity contribution in [3.05, 3.63) is 0 Å². The van der Waals surface area contributed by atoms with Crippen LogP contribution in [0, 0.1) is 0 Å². The zero-order valence-electron chi connectivity index (χ0n) is 18.7. The largest absolute Gasteiger partial charge is 0.394 e.